The highest BCUT2D eigenvalue weighted by Crippen LogP contribution is 2.30. The summed E-state index contributed by atoms with van der Waals surface area (Å²) in [6, 6.07) is 26.3. The smallest absolute Gasteiger partial charge is 0.216 e. The molecule has 0 aliphatic heterocycles. The Bertz CT molecular complexity index is 1780. The van der Waals surface area contributed by atoms with Gasteiger partial charge in [-0.1, -0.05) is 61.5 Å². The molecule has 0 N–H and O–H groups in total. The zero-order valence-corrected chi connectivity index (χ0v) is 29.0. The van der Waals surface area contributed by atoms with Crippen LogP contribution in [0.2, 0.25) is 0 Å². The lowest BCUT2D eigenvalue weighted by molar-refractivity contribution is 0.114. The maximum absolute atomic E-state index is 5.85. The molecule has 1 aliphatic carbocycles. The Morgan fingerprint density at radius 3 is 2.37 bits per heavy atom. The number of hydrogen-bond acceptors (Lipinski definition) is 7. The minimum atomic E-state index is 0.353. The lowest BCUT2D eigenvalue weighted by Gasteiger charge is -2.25. The molecule has 49 heavy (non-hydrogen) atoms. The van der Waals surface area contributed by atoms with E-state index in [0.29, 0.717) is 31.1 Å². The molecule has 0 bridgehead atoms. The number of unbranched alkanes of at least 4 members (excludes halogenated alkanes) is 3. The first-order chi connectivity index (χ1) is 24.1. The molecule has 0 radical (unpaired) electrons. The monoisotopic (exact) mass is 660 g/mol. The molecule has 1 aliphatic rings. The van der Waals surface area contributed by atoms with Gasteiger partial charge in [0.05, 0.1) is 20.3 Å². The number of hydrogen-bond donors (Lipinski definition) is 0. The number of aliphatic imine (C=N–C) groups is 1. The Balaban J connectivity index is 0.000000193. The van der Waals surface area contributed by atoms with Crippen molar-refractivity contribution in [1.29, 1.82) is 0 Å². The quantitative estimate of drug-likeness (QED) is 0.0775. The summed E-state index contributed by atoms with van der Waals surface area (Å²) in [4.78, 5) is 12.9. The first-order valence-corrected chi connectivity index (χ1v) is 17.2. The highest BCUT2D eigenvalue weighted by atomic mass is 16.5. The molecular formula is C41H48N4O4. The molecule has 0 unspecified atom stereocenters. The summed E-state index contributed by atoms with van der Waals surface area (Å²) in [6.07, 6.45) is 13.6. The fraction of sp³-hybridized carbons (Fsp3) is 0.341. The summed E-state index contributed by atoms with van der Waals surface area (Å²) in [6.45, 7) is 7.97. The van der Waals surface area contributed by atoms with Crippen LogP contribution in [0.3, 0.4) is 0 Å². The molecule has 2 aromatic carbocycles. The third-order valence-corrected chi connectivity index (χ3v) is 8.71. The van der Waals surface area contributed by atoms with Crippen molar-refractivity contribution >= 4 is 17.1 Å². The molecule has 3 aromatic heterocycles. The van der Waals surface area contributed by atoms with Gasteiger partial charge in [0.25, 0.3) is 0 Å². The minimum Gasteiger partial charge on any atom is -0.481 e. The maximum atomic E-state index is 5.85. The van der Waals surface area contributed by atoms with Crippen molar-refractivity contribution in [2.45, 2.75) is 64.6 Å². The van der Waals surface area contributed by atoms with Gasteiger partial charge in [-0.2, -0.15) is 4.98 Å². The zero-order chi connectivity index (χ0) is 34.3. The number of aromatic nitrogens is 3. The lowest BCUT2D eigenvalue weighted by atomic mass is 9.96. The Morgan fingerprint density at radius 2 is 1.65 bits per heavy atom. The van der Waals surface area contributed by atoms with Crippen LogP contribution in [0.25, 0.3) is 22.0 Å². The van der Waals surface area contributed by atoms with Gasteiger partial charge in [0.1, 0.15) is 6.10 Å². The topological polar surface area (TPSA) is 80.0 Å². The fourth-order valence-corrected chi connectivity index (χ4v) is 5.53. The Labute approximate surface area is 290 Å². The zero-order valence-electron chi connectivity index (χ0n) is 29.0. The van der Waals surface area contributed by atoms with Crippen LogP contribution in [0.4, 0.5) is 0 Å². The Morgan fingerprint density at radius 1 is 0.878 bits per heavy atom. The average molecular weight is 661 g/mol. The van der Waals surface area contributed by atoms with Crippen molar-refractivity contribution in [2.24, 2.45) is 12.0 Å². The highest BCUT2D eigenvalue weighted by molar-refractivity contribution is 6.02. The van der Waals surface area contributed by atoms with E-state index in [1.165, 1.54) is 28.6 Å². The summed E-state index contributed by atoms with van der Waals surface area (Å²) in [5, 5.41) is 1.19. The first-order valence-electron chi connectivity index (χ1n) is 17.2. The summed E-state index contributed by atoms with van der Waals surface area (Å²) in [5.74, 6) is 1.92. The van der Waals surface area contributed by atoms with Gasteiger partial charge in [0.15, 0.2) is 0 Å². The molecule has 8 nitrogen and oxygen atoms in total. The van der Waals surface area contributed by atoms with Crippen molar-refractivity contribution in [3.63, 3.8) is 0 Å². The second-order valence-electron chi connectivity index (χ2n) is 12.1. The Hall–Kier alpha value is -4.95. The molecule has 1 saturated carbocycles. The van der Waals surface area contributed by atoms with Gasteiger partial charge in [0, 0.05) is 78.2 Å². The van der Waals surface area contributed by atoms with E-state index in [4.69, 9.17) is 18.9 Å². The van der Waals surface area contributed by atoms with Crippen LogP contribution in [-0.4, -0.2) is 47.2 Å². The first kappa shape index (κ1) is 35.4. The molecule has 6 rings (SSSR count). The minimum absolute atomic E-state index is 0.353. The maximum Gasteiger partial charge on any atom is 0.216 e. The largest absolute Gasteiger partial charge is 0.481 e. The lowest BCUT2D eigenvalue weighted by Crippen LogP contribution is -2.24. The van der Waals surface area contributed by atoms with E-state index >= 15 is 0 Å². The summed E-state index contributed by atoms with van der Waals surface area (Å²) in [5.41, 5.74) is 6.97. The van der Waals surface area contributed by atoms with Crippen LogP contribution in [0.15, 0.2) is 103 Å². The van der Waals surface area contributed by atoms with E-state index in [-0.39, 0.29) is 0 Å². The Kier molecular flexibility index (Phi) is 13.4. The summed E-state index contributed by atoms with van der Waals surface area (Å²) < 4.78 is 24.4. The molecule has 3 heterocycles. The van der Waals surface area contributed by atoms with Crippen LogP contribution in [-0.2, 0) is 18.4 Å². The number of benzene rings is 2. The molecule has 0 saturated heterocycles. The van der Waals surface area contributed by atoms with Crippen LogP contribution >= 0.6 is 0 Å². The molecule has 8 heteroatoms. The normalized spacial score (nSPS) is 12.7. The second kappa shape index (κ2) is 18.6. The van der Waals surface area contributed by atoms with Crippen LogP contribution in [0.1, 0.15) is 61.8 Å². The third kappa shape index (κ3) is 10.3. The molecule has 5 aromatic rings. The van der Waals surface area contributed by atoms with Gasteiger partial charge >= 0.3 is 0 Å². The van der Waals surface area contributed by atoms with Crippen LogP contribution in [0, 0.1) is 6.92 Å². The van der Waals surface area contributed by atoms with E-state index in [9.17, 15) is 0 Å². The average Bonchev–Trinajstić information content (AvgIpc) is 3.36. The number of pyridine rings is 2. The number of ether oxygens (including phenoxy) is 4. The molecule has 0 atom stereocenters. The number of methoxy groups -OCH3 is 1. The molecule has 256 valence electrons. The molecule has 0 amide bonds. The third-order valence-electron chi connectivity index (χ3n) is 8.71. The van der Waals surface area contributed by atoms with E-state index in [1.807, 2.05) is 54.9 Å². The van der Waals surface area contributed by atoms with Crippen LogP contribution < -0.4 is 14.2 Å². The molecule has 0 spiro atoms. The second-order valence-corrected chi connectivity index (χ2v) is 12.1. The van der Waals surface area contributed by atoms with Crippen molar-refractivity contribution in [1.82, 2.24) is 14.5 Å². The van der Waals surface area contributed by atoms with E-state index in [2.05, 4.69) is 76.5 Å². The predicted molar refractivity (Wildman–Crippen MR) is 198 cm³/mol. The van der Waals surface area contributed by atoms with Gasteiger partial charge < -0.3 is 23.5 Å². The van der Waals surface area contributed by atoms with Gasteiger partial charge in [-0.3, -0.25) is 4.99 Å². The van der Waals surface area contributed by atoms with Crippen molar-refractivity contribution in [3.8, 4) is 28.8 Å². The molecular weight excluding hydrogens is 612 g/mol. The van der Waals surface area contributed by atoms with Gasteiger partial charge in [-0.25, -0.2) is 4.98 Å². The van der Waals surface area contributed by atoms with Crippen molar-refractivity contribution in [2.75, 3.05) is 20.3 Å². The van der Waals surface area contributed by atoms with Crippen molar-refractivity contribution < 1.29 is 18.9 Å². The number of nitrogens with zero attached hydrogens (tertiary/aromatic N) is 4. The fourth-order valence-electron chi connectivity index (χ4n) is 5.53. The van der Waals surface area contributed by atoms with Gasteiger partial charge in [-0.05, 0) is 68.7 Å². The van der Waals surface area contributed by atoms with E-state index in [0.717, 1.165) is 67.7 Å². The standard InChI is InChI=1S/C22H23N3O.C19H25NO3/c1-4-23-14-20-15(2)25(3)21-12-16(8-10-19(20)21)17-9-11-22(24-13-17)26-18-6-5-7-18;1-21-18-12-9-13-19(20-18)23-15-8-3-2-7-14-22-16-17-10-5-4-6-11-17/h4,8-14,18H,1,5-7H2,2-3H3;4-6,9-13H,2-3,7-8,14-16H2,1H3. The number of rotatable bonds is 16. The van der Waals surface area contributed by atoms with E-state index in [1.54, 1.807) is 13.3 Å². The van der Waals surface area contributed by atoms with Gasteiger partial charge in [0.2, 0.25) is 17.6 Å². The van der Waals surface area contributed by atoms with Crippen molar-refractivity contribution in [3.05, 3.63) is 115 Å². The SMILES string of the molecule is C=CN=Cc1c(C)n(C)c2cc(-c3ccc(OC4CCC4)nc3)ccc12.COc1cccc(OCCCCCCOCc2ccccc2)n1. The summed E-state index contributed by atoms with van der Waals surface area (Å²) >= 11 is 0. The highest BCUT2D eigenvalue weighted by Gasteiger charge is 2.19. The number of aryl methyl sites for hydroxylation is 1. The van der Waals surface area contributed by atoms with E-state index < -0.39 is 0 Å². The van der Waals surface area contributed by atoms with Crippen LogP contribution in [0.5, 0.6) is 17.6 Å². The molecule has 1 fully saturated rings. The number of fused-ring (bicyclic) bond motifs is 1. The predicted octanol–water partition coefficient (Wildman–Crippen LogP) is 9.29. The summed E-state index contributed by atoms with van der Waals surface area (Å²) in [7, 11) is 3.69. The van der Waals surface area contributed by atoms with Gasteiger partial charge in [-0.15, -0.1) is 0 Å².